The first-order valence-electron chi connectivity index (χ1n) is 8.75. The lowest BCUT2D eigenvalue weighted by Crippen LogP contribution is -2.26. The van der Waals surface area contributed by atoms with Crippen LogP contribution in [0.2, 0.25) is 0 Å². The van der Waals surface area contributed by atoms with E-state index in [0.717, 1.165) is 10.0 Å². The van der Waals surface area contributed by atoms with Crippen molar-refractivity contribution in [2.24, 2.45) is 0 Å². The molecule has 0 unspecified atom stereocenters. The number of benzene rings is 2. The van der Waals surface area contributed by atoms with Gasteiger partial charge in [-0.25, -0.2) is 0 Å². The van der Waals surface area contributed by atoms with Gasteiger partial charge in [-0.1, -0.05) is 39.4 Å². The Morgan fingerprint density at radius 2 is 2.10 bits per heavy atom. The molecule has 0 aliphatic carbocycles. The maximum Gasteiger partial charge on any atom is 0.291 e. The number of fused-ring (bicyclic) bond motifs is 2. The number of hydrogen-bond donors (Lipinski definition) is 0. The molecule has 2 aromatic carbocycles. The van der Waals surface area contributed by atoms with Crippen molar-refractivity contribution in [1.82, 2.24) is 14.6 Å². The van der Waals surface area contributed by atoms with Gasteiger partial charge in [-0.15, -0.1) is 5.10 Å². The van der Waals surface area contributed by atoms with Gasteiger partial charge in [0.1, 0.15) is 12.4 Å². The molecule has 0 amide bonds. The number of hydrogen-bond acceptors (Lipinski definition) is 7. The van der Waals surface area contributed by atoms with Gasteiger partial charge in [0.15, 0.2) is 23.4 Å². The fourth-order valence-corrected chi connectivity index (χ4v) is 4.38. The molecule has 3 heterocycles. The van der Waals surface area contributed by atoms with Gasteiger partial charge in [0.2, 0.25) is 4.96 Å². The highest BCUT2D eigenvalue weighted by atomic mass is 79.9. The standard InChI is InChI=1S/C20H14BrN3O4S/c1-26-13-7-6-12(21)8-11(13)9-17-19(25)24-20(29-17)22-18(23-24)16-10-27-14-4-2-3-5-15(14)28-16/h2-9,16H,10H2,1H3/b17-9-/t16-/m1/s1. The summed E-state index contributed by atoms with van der Waals surface area (Å²) >= 11 is 4.71. The summed E-state index contributed by atoms with van der Waals surface area (Å²) in [5.74, 6) is 2.43. The van der Waals surface area contributed by atoms with Crippen molar-refractivity contribution in [3.8, 4) is 17.2 Å². The van der Waals surface area contributed by atoms with Crippen LogP contribution in [0.15, 0.2) is 51.7 Å². The molecule has 0 spiro atoms. The topological polar surface area (TPSA) is 74.9 Å². The molecule has 0 saturated heterocycles. The second-order valence-electron chi connectivity index (χ2n) is 6.33. The third-order valence-electron chi connectivity index (χ3n) is 4.47. The van der Waals surface area contributed by atoms with E-state index >= 15 is 0 Å². The average Bonchev–Trinajstić information content (AvgIpc) is 3.27. The number of halogens is 1. The average molecular weight is 472 g/mol. The third-order valence-corrected chi connectivity index (χ3v) is 5.93. The van der Waals surface area contributed by atoms with Crippen molar-refractivity contribution in [3.63, 3.8) is 0 Å². The molecule has 146 valence electrons. The van der Waals surface area contributed by atoms with Gasteiger partial charge >= 0.3 is 0 Å². The SMILES string of the molecule is COc1ccc(Br)cc1/C=c1\sc2nc([C@H]3COc4ccccc4O3)nn2c1=O. The molecule has 1 aliphatic heterocycles. The number of rotatable bonds is 3. The minimum Gasteiger partial charge on any atom is -0.496 e. The highest BCUT2D eigenvalue weighted by molar-refractivity contribution is 9.10. The first-order valence-corrected chi connectivity index (χ1v) is 10.4. The van der Waals surface area contributed by atoms with Crippen molar-refractivity contribution >= 4 is 38.3 Å². The number of ether oxygens (including phenoxy) is 3. The van der Waals surface area contributed by atoms with Gasteiger partial charge in [0.05, 0.1) is 11.6 Å². The highest BCUT2D eigenvalue weighted by Crippen LogP contribution is 2.35. The number of nitrogens with zero attached hydrogens (tertiary/aromatic N) is 3. The van der Waals surface area contributed by atoms with Crippen molar-refractivity contribution < 1.29 is 14.2 Å². The van der Waals surface area contributed by atoms with Crippen molar-refractivity contribution in [2.75, 3.05) is 13.7 Å². The van der Waals surface area contributed by atoms with E-state index in [1.165, 1.54) is 15.9 Å². The summed E-state index contributed by atoms with van der Waals surface area (Å²) < 4.78 is 19.8. The number of para-hydroxylation sites is 2. The molecule has 0 bridgehead atoms. The largest absolute Gasteiger partial charge is 0.496 e. The monoisotopic (exact) mass is 471 g/mol. The van der Waals surface area contributed by atoms with Crippen LogP contribution in [0.25, 0.3) is 11.0 Å². The van der Waals surface area contributed by atoms with Gasteiger partial charge in [-0.05, 0) is 36.4 Å². The van der Waals surface area contributed by atoms with E-state index in [1.54, 1.807) is 13.2 Å². The Hall–Kier alpha value is -2.91. The molecule has 0 fully saturated rings. The van der Waals surface area contributed by atoms with Gasteiger partial charge in [0.25, 0.3) is 5.56 Å². The van der Waals surface area contributed by atoms with Gasteiger partial charge in [0, 0.05) is 10.0 Å². The maximum atomic E-state index is 12.8. The summed E-state index contributed by atoms with van der Waals surface area (Å²) in [6.45, 7) is 0.289. The Kier molecular flexibility index (Phi) is 4.48. The van der Waals surface area contributed by atoms with Crippen LogP contribution < -0.4 is 24.3 Å². The molecule has 0 saturated carbocycles. The zero-order valence-corrected chi connectivity index (χ0v) is 17.6. The Bertz CT molecular complexity index is 1330. The molecule has 5 rings (SSSR count). The van der Waals surface area contributed by atoms with Gasteiger partial charge in [-0.3, -0.25) is 4.79 Å². The molecular formula is C20H14BrN3O4S. The minimum atomic E-state index is -0.464. The Morgan fingerprint density at radius 3 is 2.90 bits per heavy atom. The first-order chi connectivity index (χ1) is 14.1. The normalized spacial score (nSPS) is 16.3. The minimum absolute atomic E-state index is 0.233. The quantitative estimate of drug-likeness (QED) is 0.457. The lowest BCUT2D eigenvalue weighted by Gasteiger charge is -2.24. The van der Waals surface area contributed by atoms with Crippen LogP contribution in [0.1, 0.15) is 17.5 Å². The van der Waals surface area contributed by atoms with Crippen LogP contribution in [0, 0.1) is 0 Å². The van der Waals surface area contributed by atoms with Crippen LogP contribution >= 0.6 is 27.3 Å². The van der Waals surface area contributed by atoms with Crippen LogP contribution in [0.4, 0.5) is 0 Å². The third kappa shape index (κ3) is 3.26. The highest BCUT2D eigenvalue weighted by Gasteiger charge is 2.27. The van der Waals surface area contributed by atoms with Crippen LogP contribution in [-0.2, 0) is 0 Å². The summed E-state index contributed by atoms with van der Waals surface area (Å²) in [6.07, 6.45) is 1.32. The zero-order chi connectivity index (χ0) is 20.0. The number of thiazole rings is 1. The van der Waals surface area contributed by atoms with Crippen LogP contribution in [0.5, 0.6) is 17.2 Å². The molecular weight excluding hydrogens is 458 g/mol. The van der Waals surface area contributed by atoms with E-state index < -0.39 is 6.10 Å². The van der Waals surface area contributed by atoms with E-state index in [-0.39, 0.29) is 12.2 Å². The summed E-state index contributed by atoms with van der Waals surface area (Å²) in [5, 5.41) is 4.37. The Morgan fingerprint density at radius 1 is 1.28 bits per heavy atom. The molecule has 1 aliphatic rings. The second-order valence-corrected chi connectivity index (χ2v) is 8.26. The summed E-state index contributed by atoms with van der Waals surface area (Å²) in [7, 11) is 1.60. The smallest absolute Gasteiger partial charge is 0.291 e. The van der Waals surface area contributed by atoms with Gasteiger partial charge < -0.3 is 14.2 Å². The van der Waals surface area contributed by atoms with E-state index in [0.29, 0.717) is 32.6 Å². The van der Waals surface area contributed by atoms with E-state index in [4.69, 9.17) is 14.2 Å². The first kappa shape index (κ1) is 18.1. The molecule has 29 heavy (non-hydrogen) atoms. The fourth-order valence-electron chi connectivity index (χ4n) is 3.09. The van der Waals surface area contributed by atoms with E-state index in [1.807, 2.05) is 42.5 Å². The molecule has 7 nitrogen and oxygen atoms in total. The van der Waals surface area contributed by atoms with E-state index in [2.05, 4.69) is 26.0 Å². The fraction of sp³-hybridized carbons (Fsp3) is 0.150. The molecule has 1 atom stereocenters. The molecule has 0 radical (unpaired) electrons. The number of methoxy groups -OCH3 is 1. The van der Waals surface area contributed by atoms with Crippen molar-refractivity contribution in [1.29, 1.82) is 0 Å². The summed E-state index contributed by atoms with van der Waals surface area (Å²) in [5.41, 5.74) is 0.562. The predicted molar refractivity (Wildman–Crippen MR) is 112 cm³/mol. The maximum absolute atomic E-state index is 12.8. The van der Waals surface area contributed by atoms with Crippen molar-refractivity contribution in [2.45, 2.75) is 6.10 Å². The predicted octanol–water partition coefficient (Wildman–Crippen LogP) is 2.98. The zero-order valence-electron chi connectivity index (χ0n) is 15.2. The Balaban J connectivity index is 1.52. The molecule has 4 aromatic rings. The summed E-state index contributed by atoms with van der Waals surface area (Å²) in [4.78, 5) is 17.8. The Labute approximate surface area is 177 Å². The lowest BCUT2D eigenvalue weighted by molar-refractivity contribution is 0.0852. The van der Waals surface area contributed by atoms with E-state index in [9.17, 15) is 4.79 Å². The second kappa shape index (κ2) is 7.16. The van der Waals surface area contributed by atoms with Gasteiger partial charge in [-0.2, -0.15) is 9.50 Å². The lowest BCUT2D eigenvalue weighted by atomic mass is 10.2. The molecule has 9 heteroatoms. The summed E-state index contributed by atoms with van der Waals surface area (Å²) in [6, 6.07) is 13.1. The number of aromatic nitrogens is 3. The molecule has 0 N–H and O–H groups in total. The van der Waals surface area contributed by atoms with Crippen molar-refractivity contribution in [3.05, 3.63) is 73.2 Å². The molecule has 2 aromatic heterocycles. The van der Waals surface area contributed by atoms with Crippen LogP contribution in [-0.4, -0.2) is 28.3 Å². The van der Waals surface area contributed by atoms with Crippen LogP contribution in [0.3, 0.4) is 0 Å².